The van der Waals surface area contributed by atoms with Crippen molar-refractivity contribution in [3.63, 3.8) is 0 Å². The van der Waals surface area contributed by atoms with Crippen molar-refractivity contribution >= 4 is 0 Å². The molecule has 1 aliphatic carbocycles. The molecule has 2 fully saturated rings. The second-order valence-corrected chi connectivity index (χ2v) is 6.47. The van der Waals surface area contributed by atoms with E-state index in [1.54, 1.807) is 0 Å². The molecule has 2 rings (SSSR count). The summed E-state index contributed by atoms with van der Waals surface area (Å²) >= 11 is 0. The lowest BCUT2D eigenvalue weighted by Crippen LogP contribution is -2.60. The zero-order chi connectivity index (χ0) is 13.1. The molecule has 0 bridgehead atoms. The highest BCUT2D eigenvalue weighted by Gasteiger charge is 2.40. The predicted octanol–water partition coefficient (Wildman–Crippen LogP) is 2.44. The van der Waals surface area contributed by atoms with Crippen LogP contribution in [-0.2, 0) is 4.74 Å². The Bertz CT molecular complexity index is 263. The molecule has 1 saturated carbocycles. The first kappa shape index (κ1) is 14.3. The number of ether oxygens (including phenoxy) is 1. The molecule has 3 heteroatoms. The van der Waals surface area contributed by atoms with Crippen molar-refractivity contribution in [1.29, 1.82) is 0 Å². The summed E-state index contributed by atoms with van der Waals surface area (Å²) in [5.41, 5.74) is 6.34. The molecule has 0 spiro atoms. The Labute approximate surface area is 112 Å². The molecule has 1 heterocycles. The van der Waals surface area contributed by atoms with E-state index in [9.17, 15) is 0 Å². The van der Waals surface area contributed by atoms with Crippen LogP contribution in [0.1, 0.15) is 58.8 Å². The Balaban J connectivity index is 1.98. The van der Waals surface area contributed by atoms with Crippen molar-refractivity contribution in [2.75, 3.05) is 19.7 Å². The minimum Gasteiger partial charge on any atom is -0.374 e. The van der Waals surface area contributed by atoms with Crippen molar-refractivity contribution in [2.24, 2.45) is 11.7 Å². The van der Waals surface area contributed by atoms with E-state index in [-0.39, 0.29) is 11.1 Å². The largest absolute Gasteiger partial charge is 0.374 e. The van der Waals surface area contributed by atoms with Gasteiger partial charge >= 0.3 is 0 Å². The molecular formula is C15H30N2O. The summed E-state index contributed by atoms with van der Waals surface area (Å²) in [6, 6.07) is 0. The van der Waals surface area contributed by atoms with Crippen LogP contribution >= 0.6 is 0 Å². The fourth-order valence-corrected chi connectivity index (χ4v) is 3.82. The average Bonchev–Trinajstić information content (AvgIpc) is 2.84. The van der Waals surface area contributed by atoms with Gasteiger partial charge in [0.1, 0.15) is 0 Å². The first-order valence-electron chi connectivity index (χ1n) is 7.73. The molecule has 2 aliphatic rings. The quantitative estimate of drug-likeness (QED) is 0.792. The number of rotatable bonds is 5. The Kier molecular flexibility index (Phi) is 4.68. The topological polar surface area (TPSA) is 47.3 Å². The van der Waals surface area contributed by atoms with Gasteiger partial charge in [-0.25, -0.2) is 0 Å². The summed E-state index contributed by atoms with van der Waals surface area (Å²) in [6.45, 7) is 7.18. The summed E-state index contributed by atoms with van der Waals surface area (Å²) < 4.78 is 5.89. The lowest BCUT2D eigenvalue weighted by Gasteiger charge is -2.45. The van der Waals surface area contributed by atoms with Crippen molar-refractivity contribution in [1.82, 2.24) is 5.32 Å². The second-order valence-electron chi connectivity index (χ2n) is 6.47. The molecule has 106 valence electrons. The maximum atomic E-state index is 6.13. The molecule has 0 aromatic carbocycles. The van der Waals surface area contributed by atoms with Gasteiger partial charge < -0.3 is 15.8 Å². The molecule has 3 N–H and O–H groups in total. The molecule has 3 unspecified atom stereocenters. The van der Waals surface area contributed by atoms with Gasteiger partial charge in [-0.3, -0.25) is 0 Å². The van der Waals surface area contributed by atoms with Crippen LogP contribution in [0.4, 0.5) is 0 Å². The molecule has 0 aromatic heterocycles. The summed E-state index contributed by atoms with van der Waals surface area (Å²) in [7, 11) is 0. The zero-order valence-electron chi connectivity index (χ0n) is 12.1. The lowest BCUT2D eigenvalue weighted by atomic mass is 9.71. The minimum atomic E-state index is 0.0396. The first-order chi connectivity index (χ1) is 8.64. The fraction of sp³-hybridized carbons (Fsp3) is 1.00. The van der Waals surface area contributed by atoms with Crippen LogP contribution in [0.5, 0.6) is 0 Å². The van der Waals surface area contributed by atoms with Crippen molar-refractivity contribution in [3.8, 4) is 0 Å². The van der Waals surface area contributed by atoms with Crippen LogP contribution < -0.4 is 11.1 Å². The monoisotopic (exact) mass is 254 g/mol. The maximum absolute atomic E-state index is 6.13. The number of nitrogens with two attached hydrogens (primary N) is 1. The standard InChI is InChI=1S/C15H30N2O/c1-3-13-7-4-5-9-15(13,11-16)17-12-14(2)8-6-10-18-14/h13,17H,3-12,16H2,1-2H3. The summed E-state index contributed by atoms with van der Waals surface area (Å²) in [4.78, 5) is 0. The van der Waals surface area contributed by atoms with Gasteiger partial charge in [0.25, 0.3) is 0 Å². The van der Waals surface area contributed by atoms with Crippen molar-refractivity contribution in [3.05, 3.63) is 0 Å². The predicted molar refractivity (Wildman–Crippen MR) is 75.6 cm³/mol. The van der Waals surface area contributed by atoms with E-state index in [4.69, 9.17) is 10.5 Å². The van der Waals surface area contributed by atoms with Gasteiger partial charge in [0.2, 0.25) is 0 Å². The third-order valence-electron chi connectivity index (χ3n) is 5.18. The highest BCUT2D eigenvalue weighted by Crippen LogP contribution is 2.36. The maximum Gasteiger partial charge on any atom is 0.0779 e. The zero-order valence-corrected chi connectivity index (χ0v) is 12.1. The molecule has 1 aliphatic heterocycles. The highest BCUT2D eigenvalue weighted by molar-refractivity contribution is 4.99. The Hall–Kier alpha value is -0.120. The van der Waals surface area contributed by atoms with Gasteiger partial charge in [0.05, 0.1) is 5.60 Å². The SMILES string of the molecule is CCC1CCCCC1(CN)NCC1(C)CCCO1. The molecule has 0 radical (unpaired) electrons. The van der Waals surface area contributed by atoms with E-state index in [0.717, 1.165) is 25.6 Å². The average molecular weight is 254 g/mol. The first-order valence-corrected chi connectivity index (χ1v) is 7.73. The lowest BCUT2D eigenvalue weighted by molar-refractivity contribution is 0.00610. The number of nitrogens with one attached hydrogen (secondary N) is 1. The third kappa shape index (κ3) is 2.89. The second kappa shape index (κ2) is 5.89. The Morgan fingerprint density at radius 1 is 1.28 bits per heavy atom. The van der Waals surface area contributed by atoms with Gasteiger partial charge in [-0.05, 0) is 38.5 Å². The summed E-state index contributed by atoms with van der Waals surface area (Å²) in [5.74, 6) is 0.737. The molecule has 1 saturated heterocycles. The highest BCUT2D eigenvalue weighted by atomic mass is 16.5. The smallest absolute Gasteiger partial charge is 0.0779 e. The van der Waals surface area contributed by atoms with Gasteiger partial charge in [0, 0.05) is 25.2 Å². The van der Waals surface area contributed by atoms with Crippen molar-refractivity contribution in [2.45, 2.75) is 69.9 Å². The van der Waals surface area contributed by atoms with Crippen LogP contribution in [0.15, 0.2) is 0 Å². The van der Waals surface area contributed by atoms with Crippen molar-refractivity contribution < 1.29 is 4.74 Å². The Morgan fingerprint density at radius 2 is 2.11 bits per heavy atom. The minimum absolute atomic E-state index is 0.0396. The van der Waals surface area contributed by atoms with Crippen LogP contribution in [0.25, 0.3) is 0 Å². The van der Waals surface area contributed by atoms with E-state index in [1.807, 2.05) is 0 Å². The summed E-state index contributed by atoms with van der Waals surface area (Å²) in [6.07, 6.45) is 8.87. The molecule has 3 nitrogen and oxygen atoms in total. The third-order valence-corrected chi connectivity index (χ3v) is 5.18. The fourth-order valence-electron chi connectivity index (χ4n) is 3.82. The molecule has 0 amide bonds. The molecule has 3 atom stereocenters. The van der Waals surface area contributed by atoms with E-state index in [0.29, 0.717) is 0 Å². The van der Waals surface area contributed by atoms with Gasteiger partial charge in [0.15, 0.2) is 0 Å². The van der Waals surface area contributed by atoms with Crippen LogP contribution in [0, 0.1) is 5.92 Å². The molecule has 0 aromatic rings. The molecule has 18 heavy (non-hydrogen) atoms. The van der Waals surface area contributed by atoms with Gasteiger partial charge in [-0.2, -0.15) is 0 Å². The number of hydrogen-bond acceptors (Lipinski definition) is 3. The number of hydrogen-bond donors (Lipinski definition) is 2. The van der Waals surface area contributed by atoms with Gasteiger partial charge in [-0.15, -0.1) is 0 Å². The van der Waals surface area contributed by atoms with Crippen LogP contribution in [0.2, 0.25) is 0 Å². The van der Waals surface area contributed by atoms with E-state index in [2.05, 4.69) is 19.2 Å². The normalized spacial score (nSPS) is 41.2. The van der Waals surface area contributed by atoms with Crippen LogP contribution in [0.3, 0.4) is 0 Å². The van der Waals surface area contributed by atoms with E-state index < -0.39 is 0 Å². The Morgan fingerprint density at radius 3 is 2.72 bits per heavy atom. The molecular weight excluding hydrogens is 224 g/mol. The van der Waals surface area contributed by atoms with Gasteiger partial charge in [-0.1, -0.05) is 26.2 Å². The summed E-state index contributed by atoms with van der Waals surface area (Å²) in [5, 5.41) is 3.82. The van der Waals surface area contributed by atoms with E-state index in [1.165, 1.54) is 44.9 Å². The van der Waals surface area contributed by atoms with Crippen LogP contribution in [-0.4, -0.2) is 30.8 Å². The van der Waals surface area contributed by atoms with E-state index >= 15 is 0 Å².